The molecule has 4 aromatic carbocycles. The van der Waals surface area contributed by atoms with Crippen molar-refractivity contribution in [2.75, 3.05) is 4.90 Å². The monoisotopic (exact) mass is 465 g/mol. The molecule has 0 radical (unpaired) electrons. The van der Waals surface area contributed by atoms with Crippen molar-refractivity contribution in [3.63, 3.8) is 0 Å². The smallest absolute Gasteiger partial charge is 0.124 e. The molecule has 0 heterocycles. The first-order valence-corrected chi connectivity index (χ1v) is 12.4. The fraction of sp³-hybridized carbons (Fsp3) is 0.250. The zero-order chi connectivity index (χ0) is 24.9. The molecular weight excluding hydrogens is 430 g/mol. The lowest BCUT2D eigenvalue weighted by atomic mass is 9.96. The highest BCUT2D eigenvalue weighted by molar-refractivity contribution is 5.77. The van der Waals surface area contributed by atoms with E-state index in [9.17, 15) is 10.2 Å². The van der Waals surface area contributed by atoms with Gasteiger partial charge in [0.15, 0.2) is 0 Å². The fourth-order valence-corrected chi connectivity index (χ4v) is 4.52. The van der Waals surface area contributed by atoms with Crippen LogP contribution in [-0.4, -0.2) is 10.2 Å². The molecule has 0 atom stereocenters. The number of hydrogen-bond donors (Lipinski definition) is 2. The van der Waals surface area contributed by atoms with Crippen molar-refractivity contribution in [1.29, 1.82) is 0 Å². The summed E-state index contributed by atoms with van der Waals surface area (Å²) >= 11 is 0. The number of aliphatic hydroxyl groups is 1. The van der Waals surface area contributed by atoms with Gasteiger partial charge in [0, 0.05) is 22.6 Å². The summed E-state index contributed by atoms with van der Waals surface area (Å²) in [6, 6.07) is 27.9. The first kappa shape index (κ1) is 24.6. The minimum Gasteiger partial charge on any atom is -0.507 e. The lowest BCUT2D eigenvalue weighted by Crippen LogP contribution is -2.10. The molecule has 4 rings (SSSR count). The standard InChI is InChI=1S/C32H35NO2/c1-5-6-27-19-26(20-28(21-34)32(27)35)18-25-10-15-30(16-11-25)33(29-12-7-22(2)8-13-29)31-14-9-23(3)24(4)17-31/h7-17,19-20,34-35H,5-6,18,21H2,1-4H3. The van der Waals surface area contributed by atoms with Crippen molar-refractivity contribution in [2.24, 2.45) is 0 Å². The lowest BCUT2D eigenvalue weighted by molar-refractivity contribution is 0.275. The Bertz CT molecular complexity index is 1290. The predicted octanol–water partition coefficient (Wildman–Crippen LogP) is 7.82. The van der Waals surface area contributed by atoms with Gasteiger partial charge in [-0.25, -0.2) is 0 Å². The molecule has 3 nitrogen and oxygen atoms in total. The van der Waals surface area contributed by atoms with Gasteiger partial charge < -0.3 is 15.1 Å². The summed E-state index contributed by atoms with van der Waals surface area (Å²) in [7, 11) is 0. The number of aromatic hydroxyl groups is 1. The van der Waals surface area contributed by atoms with Crippen LogP contribution in [0.1, 0.15) is 52.3 Å². The molecule has 0 amide bonds. The van der Waals surface area contributed by atoms with E-state index in [1.807, 2.05) is 6.07 Å². The molecule has 180 valence electrons. The van der Waals surface area contributed by atoms with E-state index in [0.29, 0.717) is 5.56 Å². The van der Waals surface area contributed by atoms with Gasteiger partial charge in [0.25, 0.3) is 0 Å². The number of rotatable bonds is 8. The molecule has 4 aromatic rings. The first-order valence-electron chi connectivity index (χ1n) is 12.4. The van der Waals surface area contributed by atoms with Gasteiger partial charge in [0.1, 0.15) is 5.75 Å². The average Bonchev–Trinajstić information content (AvgIpc) is 2.85. The van der Waals surface area contributed by atoms with Gasteiger partial charge in [-0.2, -0.15) is 0 Å². The van der Waals surface area contributed by atoms with Crippen molar-refractivity contribution >= 4 is 17.1 Å². The molecule has 0 aliphatic carbocycles. The van der Waals surface area contributed by atoms with Gasteiger partial charge in [-0.15, -0.1) is 0 Å². The topological polar surface area (TPSA) is 43.7 Å². The molecule has 0 aliphatic heterocycles. The molecule has 35 heavy (non-hydrogen) atoms. The third kappa shape index (κ3) is 5.58. The number of aryl methyl sites for hydroxylation is 4. The summed E-state index contributed by atoms with van der Waals surface area (Å²) in [5.74, 6) is 0.232. The number of aliphatic hydroxyl groups excluding tert-OH is 1. The highest BCUT2D eigenvalue weighted by Gasteiger charge is 2.14. The zero-order valence-corrected chi connectivity index (χ0v) is 21.2. The summed E-state index contributed by atoms with van der Waals surface area (Å²) in [5, 5.41) is 20.1. The Morgan fingerprint density at radius 2 is 1.26 bits per heavy atom. The molecule has 2 N–H and O–H groups in total. The van der Waals surface area contributed by atoms with E-state index in [1.165, 1.54) is 22.3 Å². The summed E-state index contributed by atoms with van der Waals surface area (Å²) in [5.41, 5.74) is 11.0. The van der Waals surface area contributed by atoms with Crippen LogP contribution in [0.4, 0.5) is 17.1 Å². The minimum absolute atomic E-state index is 0.156. The molecule has 0 saturated carbocycles. The van der Waals surface area contributed by atoms with E-state index >= 15 is 0 Å². The molecule has 3 heteroatoms. The van der Waals surface area contributed by atoms with E-state index in [-0.39, 0.29) is 12.4 Å². The van der Waals surface area contributed by atoms with Crippen LogP contribution in [0.2, 0.25) is 0 Å². The van der Waals surface area contributed by atoms with Crippen LogP contribution in [0.3, 0.4) is 0 Å². The van der Waals surface area contributed by atoms with Gasteiger partial charge in [0.2, 0.25) is 0 Å². The van der Waals surface area contributed by atoms with Crippen LogP contribution in [-0.2, 0) is 19.4 Å². The molecule has 0 aliphatic rings. The maximum Gasteiger partial charge on any atom is 0.124 e. The number of hydrogen-bond acceptors (Lipinski definition) is 3. The van der Waals surface area contributed by atoms with Crippen LogP contribution in [0.15, 0.2) is 78.9 Å². The van der Waals surface area contributed by atoms with Crippen LogP contribution < -0.4 is 4.90 Å². The van der Waals surface area contributed by atoms with Crippen LogP contribution in [0.25, 0.3) is 0 Å². The van der Waals surface area contributed by atoms with Crippen molar-refractivity contribution in [3.05, 3.63) is 118 Å². The number of benzene rings is 4. The second-order valence-electron chi connectivity index (χ2n) is 9.45. The van der Waals surface area contributed by atoms with Crippen LogP contribution in [0, 0.1) is 20.8 Å². The summed E-state index contributed by atoms with van der Waals surface area (Å²) < 4.78 is 0. The predicted molar refractivity (Wildman–Crippen MR) is 146 cm³/mol. The van der Waals surface area contributed by atoms with Crippen molar-refractivity contribution in [2.45, 2.75) is 53.6 Å². The van der Waals surface area contributed by atoms with E-state index < -0.39 is 0 Å². The maximum absolute atomic E-state index is 10.4. The van der Waals surface area contributed by atoms with Crippen LogP contribution >= 0.6 is 0 Å². The second-order valence-corrected chi connectivity index (χ2v) is 9.45. The highest BCUT2D eigenvalue weighted by Crippen LogP contribution is 2.36. The number of phenols is 1. The molecule has 0 spiro atoms. The fourth-order valence-electron chi connectivity index (χ4n) is 4.52. The molecule has 0 bridgehead atoms. The zero-order valence-electron chi connectivity index (χ0n) is 21.2. The average molecular weight is 466 g/mol. The Morgan fingerprint density at radius 3 is 1.86 bits per heavy atom. The van der Waals surface area contributed by atoms with E-state index in [1.54, 1.807) is 0 Å². The number of nitrogens with zero attached hydrogens (tertiary/aromatic N) is 1. The Labute approximate surface area is 209 Å². The van der Waals surface area contributed by atoms with Crippen LogP contribution in [0.5, 0.6) is 5.75 Å². The Hall–Kier alpha value is -3.56. The number of anilines is 3. The van der Waals surface area contributed by atoms with Gasteiger partial charge in [0.05, 0.1) is 6.61 Å². The van der Waals surface area contributed by atoms with Gasteiger partial charge in [-0.05, 0) is 104 Å². The van der Waals surface area contributed by atoms with Gasteiger partial charge in [-0.1, -0.05) is 55.3 Å². The summed E-state index contributed by atoms with van der Waals surface area (Å²) in [6.45, 7) is 8.34. The third-order valence-corrected chi connectivity index (χ3v) is 6.66. The molecule has 0 unspecified atom stereocenters. The molecule has 0 fully saturated rings. The largest absolute Gasteiger partial charge is 0.507 e. The normalized spacial score (nSPS) is 11.0. The molecular formula is C32H35NO2. The highest BCUT2D eigenvalue weighted by atomic mass is 16.3. The summed E-state index contributed by atoms with van der Waals surface area (Å²) in [4.78, 5) is 2.29. The second kappa shape index (κ2) is 10.8. The Kier molecular flexibility index (Phi) is 7.57. The maximum atomic E-state index is 10.4. The van der Waals surface area contributed by atoms with Crippen molar-refractivity contribution in [1.82, 2.24) is 0 Å². The molecule has 0 aromatic heterocycles. The van der Waals surface area contributed by atoms with E-state index in [4.69, 9.17) is 0 Å². The Morgan fingerprint density at radius 1 is 0.657 bits per heavy atom. The lowest BCUT2D eigenvalue weighted by Gasteiger charge is -2.26. The van der Waals surface area contributed by atoms with Gasteiger partial charge in [-0.3, -0.25) is 0 Å². The quantitative estimate of drug-likeness (QED) is 0.279. The SMILES string of the molecule is CCCc1cc(Cc2ccc(N(c3ccc(C)cc3)c3ccc(C)c(C)c3)cc2)cc(CO)c1O. The third-order valence-electron chi connectivity index (χ3n) is 6.66. The Balaban J connectivity index is 1.67. The summed E-state index contributed by atoms with van der Waals surface area (Å²) in [6.07, 6.45) is 2.50. The van der Waals surface area contributed by atoms with Gasteiger partial charge >= 0.3 is 0 Å². The molecule has 0 saturated heterocycles. The first-order chi connectivity index (χ1) is 16.9. The van der Waals surface area contributed by atoms with E-state index in [2.05, 4.69) is 105 Å². The van der Waals surface area contributed by atoms with Crippen molar-refractivity contribution in [3.8, 4) is 5.75 Å². The van der Waals surface area contributed by atoms with E-state index in [0.717, 1.165) is 47.5 Å². The minimum atomic E-state index is -0.156. The van der Waals surface area contributed by atoms with Crippen molar-refractivity contribution < 1.29 is 10.2 Å².